The molecule has 28 heavy (non-hydrogen) atoms. The maximum atomic E-state index is 12.8. The average molecular weight is 393 g/mol. The van der Waals surface area contributed by atoms with Gasteiger partial charge in [0.05, 0.1) is 5.92 Å². The number of likely N-dealkylation sites (N-methyl/N-ethyl adjacent to an activating group) is 1. The summed E-state index contributed by atoms with van der Waals surface area (Å²) in [4.78, 5) is 36.7. The largest absolute Gasteiger partial charge is 0.382 e. The van der Waals surface area contributed by atoms with Crippen LogP contribution in [0.25, 0.3) is 0 Å². The monoisotopic (exact) mass is 393 g/mol. The lowest BCUT2D eigenvalue weighted by atomic mass is 9.85. The molecule has 0 heterocycles. The number of aliphatic hydroxyl groups excluding tert-OH is 1. The first-order valence-corrected chi connectivity index (χ1v) is 9.29. The van der Waals surface area contributed by atoms with Crippen molar-refractivity contribution in [3.8, 4) is 0 Å². The minimum absolute atomic E-state index is 0.208. The molecule has 1 aromatic carbocycles. The summed E-state index contributed by atoms with van der Waals surface area (Å²) in [7, 11) is 1.47. The van der Waals surface area contributed by atoms with Crippen molar-refractivity contribution in [1.82, 2.24) is 16.1 Å². The number of amides is 3. The highest BCUT2D eigenvalue weighted by atomic mass is 16.5. The molecule has 8 nitrogen and oxygen atoms in total. The van der Waals surface area contributed by atoms with Gasteiger partial charge in [-0.3, -0.25) is 19.6 Å². The number of hydrogen-bond acceptors (Lipinski definition) is 5. The molecular formula is C20H31N3O5. The molecule has 0 spiro atoms. The van der Waals surface area contributed by atoms with Crippen molar-refractivity contribution in [1.29, 1.82) is 0 Å². The minimum Gasteiger partial charge on any atom is -0.382 e. The molecule has 0 fully saturated rings. The smallest absolute Gasteiger partial charge is 0.272 e. The highest BCUT2D eigenvalue weighted by Crippen LogP contribution is 2.22. The fourth-order valence-corrected chi connectivity index (χ4v) is 2.92. The number of aryl methyl sites for hydroxylation is 1. The predicted molar refractivity (Wildman–Crippen MR) is 104 cm³/mol. The summed E-state index contributed by atoms with van der Waals surface area (Å²) in [5.74, 6) is -3.16. The molecule has 3 amide bonds. The highest BCUT2D eigenvalue weighted by Gasteiger charge is 2.37. The van der Waals surface area contributed by atoms with Crippen LogP contribution in [0.4, 0.5) is 0 Å². The molecule has 3 atom stereocenters. The topological polar surface area (TPSA) is 128 Å². The molecule has 156 valence electrons. The van der Waals surface area contributed by atoms with Crippen LogP contribution < -0.4 is 16.1 Å². The Kier molecular flexibility index (Phi) is 9.08. The third kappa shape index (κ3) is 6.94. The molecule has 0 saturated heterocycles. The molecule has 0 aliphatic rings. The molecule has 0 radical (unpaired) electrons. The van der Waals surface area contributed by atoms with Gasteiger partial charge in [-0.2, -0.15) is 0 Å². The highest BCUT2D eigenvalue weighted by molar-refractivity contribution is 5.92. The van der Waals surface area contributed by atoms with Crippen LogP contribution in [0.1, 0.15) is 39.2 Å². The average Bonchev–Trinajstić information content (AvgIpc) is 2.67. The maximum Gasteiger partial charge on any atom is 0.272 e. The van der Waals surface area contributed by atoms with Gasteiger partial charge in [0.2, 0.25) is 11.8 Å². The van der Waals surface area contributed by atoms with E-state index in [1.165, 1.54) is 12.5 Å². The molecule has 0 aliphatic heterocycles. The Bertz CT molecular complexity index is 658. The molecule has 0 aliphatic carbocycles. The normalized spacial score (nSPS) is 14.5. The van der Waals surface area contributed by atoms with Crippen molar-refractivity contribution in [2.24, 2.45) is 11.3 Å². The second-order valence-corrected chi connectivity index (χ2v) is 7.83. The summed E-state index contributed by atoms with van der Waals surface area (Å²) in [5, 5.41) is 24.2. The van der Waals surface area contributed by atoms with Crippen molar-refractivity contribution >= 4 is 17.7 Å². The fraction of sp³-hybridized carbons (Fsp3) is 0.550. The Morgan fingerprint density at radius 1 is 1.04 bits per heavy atom. The predicted octanol–water partition coefficient (Wildman–Crippen LogP) is 0.769. The quantitative estimate of drug-likeness (QED) is 0.313. The summed E-state index contributed by atoms with van der Waals surface area (Å²) >= 11 is 0. The van der Waals surface area contributed by atoms with Crippen LogP contribution in [0.5, 0.6) is 0 Å². The van der Waals surface area contributed by atoms with Gasteiger partial charge in [-0.05, 0) is 30.2 Å². The summed E-state index contributed by atoms with van der Waals surface area (Å²) < 4.78 is 0. The Hall–Kier alpha value is -2.45. The van der Waals surface area contributed by atoms with Gasteiger partial charge >= 0.3 is 0 Å². The van der Waals surface area contributed by atoms with E-state index >= 15 is 0 Å². The van der Waals surface area contributed by atoms with Gasteiger partial charge in [0.25, 0.3) is 5.91 Å². The first kappa shape index (κ1) is 23.6. The number of carbonyl (C=O) groups is 3. The first-order valence-electron chi connectivity index (χ1n) is 9.29. The number of benzene rings is 1. The molecule has 8 heteroatoms. The zero-order chi connectivity index (χ0) is 21.3. The van der Waals surface area contributed by atoms with Crippen LogP contribution in [-0.2, 0) is 20.8 Å². The minimum atomic E-state index is -1.73. The molecule has 0 aromatic heterocycles. The van der Waals surface area contributed by atoms with Crippen LogP contribution in [0.15, 0.2) is 30.3 Å². The van der Waals surface area contributed by atoms with E-state index in [4.69, 9.17) is 5.21 Å². The molecule has 1 aromatic rings. The van der Waals surface area contributed by atoms with E-state index in [2.05, 4.69) is 10.6 Å². The number of hydroxylamine groups is 1. The standard InChI is InChI=1S/C20H31N3O5/c1-20(2,3)16(19(27)21-4)22-17(25)14(15(24)18(26)23-28)12-8-11-13-9-6-5-7-10-13/h5-7,9-10,14-16,24,28H,8,11-12H2,1-4H3,(H,21,27)(H,22,25)(H,23,26)/t14-,15+,16?/m1/s1. The van der Waals surface area contributed by atoms with E-state index in [1.54, 1.807) is 20.8 Å². The van der Waals surface area contributed by atoms with Gasteiger partial charge in [-0.15, -0.1) is 0 Å². The summed E-state index contributed by atoms with van der Waals surface area (Å²) in [5.41, 5.74) is 1.87. The van der Waals surface area contributed by atoms with Crippen LogP contribution in [0.2, 0.25) is 0 Å². The molecule has 0 saturated carbocycles. The summed E-state index contributed by atoms with van der Waals surface area (Å²) in [6, 6.07) is 8.78. The Morgan fingerprint density at radius 3 is 2.14 bits per heavy atom. The van der Waals surface area contributed by atoms with Gasteiger partial charge in [-0.25, -0.2) is 5.48 Å². The van der Waals surface area contributed by atoms with E-state index in [-0.39, 0.29) is 12.3 Å². The van der Waals surface area contributed by atoms with Crippen molar-refractivity contribution < 1.29 is 24.7 Å². The van der Waals surface area contributed by atoms with Crippen LogP contribution in [0.3, 0.4) is 0 Å². The third-order valence-electron chi connectivity index (χ3n) is 4.58. The van der Waals surface area contributed by atoms with Crippen LogP contribution in [0, 0.1) is 11.3 Å². The van der Waals surface area contributed by atoms with Crippen LogP contribution in [-0.4, -0.2) is 47.2 Å². The van der Waals surface area contributed by atoms with E-state index in [0.717, 1.165) is 5.56 Å². The second-order valence-electron chi connectivity index (χ2n) is 7.83. The molecule has 1 unspecified atom stereocenters. The molecule has 5 N–H and O–H groups in total. The van der Waals surface area contributed by atoms with Crippen molar-refractivity contribution in [3.05, 3.63) is 35.9 Å². The summed E-state index contributed by atoms with van der Waals surface area (Å²) in [6.07, 6.45) is -0.320. The van der Waals surface area contributed by atoms with Gasteiger partial charge < -0.3 is 15.7 Å². The number of nitrogens with one attached hydrogen (secondary N) is 3. The fourth-order valence-electron chi connectivity index (χ4n) is 2.92. The third-order valence-corrected chi connectivity index (χ3v) is 4.58. The zero-order valence-corrected chi connectivity index (χ0v) is 16.9. The summed E-state index contributed by atoms with van der Waals surface area (Å²) in [6.45, 7) is 5.40. The lowest BCUT2D eigenvalue weighted by Crippen LogP contribution is -2.56. The van der Waals surface area contributed by atoms with Crippen LogP contribution >= 0.6 is 0 Å². The molecule has 1 rings (SSSR count). The van der Waals surface area contributed by atoms with E-state index in [0.29, 0.717) is 12.8 Å². The number of rotatable bonds is 9. The van der Waals surface area contributed by atoms with E-state index < -0.39 is 35.3 Å². The number of hydrogen-bond donors (Lipinski definition) is 5. The number of aliphatic hydroxyl groups is 1. The van der Waals surface area contributed by atoms with E-state index in [9.17, 15) is 19.5 Å². The van der Waals surface area contributed by atoms with Gasteiger partial charge in [0, 0.05) is 7.05 Å². The van der Waals surface area contributed by atoms with Gasteiger partial charge in [-0.1, -0.05) is 51.1 Å². The lowest BCUT2D eigenvalue weighted by molar-refractivity contribution is -0.147. The molecule has 0 bridgehead atoms. The van der Waals surface area contributed by atoms with Crippen molar-refractivity contribution in [3.63, 3.8) is 0 Å². The van der Waals surface area contributed by atoms with Crippen molar-refractivity contribution in [2.45, 2.75) is 52.2 Å². The zero-order valence-electron chi connectivity index (χ0n) is 16.9. The number of carbonyl (C=O) groups excluding carboxylic acids is 3. The second kappa shape index (κ2) is 10.8. The van der Waals surface area contributed by atoms with E-state index in [1.807, 2.05) is 30.3 Å². The van der Waals surface area contributed by atoms with Gasteiger partial charge in [0.1, 0.15) is 12.1 Å². The lowest BCUT2D eigenvalue weighted by Gasteiger charge is -2.32. The van der Waals surface area contributed by atoms with Crippen molar-refractivity contribution in [2.75, 3.05) is 7.05 Å². The van der Waals surface area contributed by atoms with Gasteiger partial charge in [0.15, 0.2) is 0 Å². The first-order chi connectivity index (χ1) is 13.1. The Morgan fingerprint density at radius 2 is 1.64 bits per heavy atom. The molecular weight excluding hydrogens is 362 g/mol. The Balaban J connectivity index is 2.91. The maximum absolute atomic E-state index is 12.8. The Labute approximate surface area is 165 Å². The SMILES string of the molecule is CNC(=O)C(NC(=O)[C@H](CCCc1ccccc1)[C@H](O)C(=O)NO)C(C)(C)C.